The number of carboxylic acids is 1. The van der Waals surface area contributed by atoms with Crippen LogP contribution in [-0.4, -0.2) is 26.3 Å². The fraction of sp³-hybridized carbons (Fsp3) is 0.179. The van der Waals surface area contributed by atoms with E-state index >= 15 is 0 Å². The zero-order chi connectivity index (χ0) is 26.2. The molecule has 0 spiro atoms. The summed E-state index contributed by atoms with van der Waals surface area (Å²) < 4.78 is 56.7. The summed E-state index contributed by atoms with van der Waals surface area (Å²) in [6.07, 6.45) is 2.34. The van der Waals surface area contributed by atoms with Crippen LogP contribution in [0, 0.1) is 11.9 Å². The standard InChI is InChI=1S/C28H21F4N3O2/c29-27-21-14-19(9-10-23(21)34-35-27)25(18-7-4-16(5-8-18)6-11-24(36)37)26(17-2-1-3-17)20-12-13-33-15-22(20)28(30,31)32/h4-15,17H,1-3H2,(H,34,35)(H,36,37). The Kier molecular flexibility index (Phi) is 6.37. The summed E-state index contributed by atoms with van der Waals surface area (Å²) in [6.45, 7) is 0. The lowest BCUT2D eigenvalue weighted by Crippen LogP contribution is -2.18. The van der Waals surface area contributed by atoms with Crippen molar-refractivity contribution in [2.75, 3.05) is 0 Å². The number of nitrogens with zero attached hydrogens (tertiary/aromatic N) is 2. The molecule has 37 heavy (non-hydrogen) atoms. The number of aromatic amines is 1. The zero-order valence-electron chi connectivity index (χ0n) is 19.4. The van der Waals surface area contributed by atoms with Crippen LogP contribution in [0.2, 0.25) is 0 Å². The first kappa shape index (κ1) is 24.4. The summed E-state index contributed by atoms with van der Waals surface area (Å²) in [5, 5.41) is 15.4. The molecule has 0 atom stereocenters. The summed E-state index contributed by atoms with van der Waals surface area (Å²) in [4.78, 5) is 14.6. The van der Waals surface area contributed by atoms with E-state index in [1.807, 2.05) is 0 Å². The molecule has 2 aromatic heterocycles. The van der Waals surface area contributed by atoms with Crippen LogP contribution in [0.25, 0.3) is 28.1 Å². The molecule has 2 heterocycles. The second-order valence-electron chi connectivity index (χ2n) is 8.90. The molecule has 0 bridgehead atoms. The van der Waals surface area contributed by atoms with Crippen LogP contribution < -0.4 is 0 Å². The summed E-state index contributed by atoms with van der Waals surface area (Å²) in [5.41, 5.74) is 2.49. The Morgan fingerprint density at radius 1 is 1.05 bits per heavy atom. The summed E-state index contributed by atoms with van der Waals surface area (Å²) in [7, 11) is 0. The lowest BCUT2D eigenvalue weighted by molar-refractivity contribution is -0.138. The Balaban J connectivity index is 1.80. The minimum Gasteiger partial charge on any atom is -0.478 e. The lowest BCUT2D eigenvalue weighted by Gasteiger charge is -2.32. The van der Waals surface area contributed by atoms with Crippen molar-refractivity contribution in [3.05, 3.63) is 101 Å². The molecule has 1 aliphatic rings. The van der Waals surface area contributed by atoms with Crippen molar-refractivity contribution >= 4 is 34.1 Å². The average Bonchev–Trinajstić information content (AvgIpc) is 3.21. The minimum absolute atomic E-state index is 0.0461. The molecule has 0 radical (unpaired) electrons. The fourth-order valence-corrected chi connectivity index (χ4v) is 4.65. The first-order chi connectivity index (χ1) is 17.7. The van der Waals surface area contributed by atoms with Gasteiger partial charge in [-0.05, 0) is 76.4 Å². The Bertz CT molecular complexity index is 1530. The number of hydrogen-bond acceptors (Lipinski definition) is 3. The molecule has 2 N–H and O–H groups in total. The van der Waals surface area contributed by atoms with Crippen molar-refractivity contribution in [2.45, 2.75) is 25.4 Å². The van der Waals surface area contributed by atoms with Gasteiger partial charge in [-0.15, -0.1) is 0 Å². The van der Waals surface area contributed by atoms with Gasteiger partial charge in [0.05, 0.1) is 16.5 Å². The molecule has 0 amide bonds. The van der Waals surface area contributed by atoms with Crippen LogP contribution in [0.3, 0.4) is 0 Å². The first-order valence-corrected chi connectivity index (χ1v) is 11.6. The third-order valence-electron chi connectivity index (χ3n) is 6.61. The van der Waals surface area contributed by atoms with E-state index in [9.17, 15) is 22.4 Å². The number of benzene rings is 2. The van der Waals surface area contributed by atoms with Gasteiger partial charge in [0.15, 0.2) is 0 Å². The van der Waals surface area contributed by atoms with Gasteiger partial charge in [-0.2, -0.15) is 22.7 Å². The zero-order valence-corrected chi connectivity index (χ0v) is 19.4. The van der Waals surface area contributed by atoms with Gasteiger partial charge in [0.2, 0.25) is 5.95 Å². The van der Waals surface area contributed by atoms with Crippen LogP contribution >= 0.6 is 0 Å². The number of aromatic nitrogens is 3. The highest BCUT2D eigenvalue weighted by atomic mass is 19.4. The minimum atomic E-state index is -4.62. The number of carbonyl (C=O) groups is 1. The highest BCUT2D eigenvalue weighted by Crippen LogP contribution is 2.48. The second-order valence-corrected chi connectivity index (χ2v) is 8.90. The molecule has 2 aromatic carbocycles. The Morgan fingerprint density at radius 2 is 1.78 bits per heavy atom. The third-order valence-corrected chi connectivity index (χ3v) is 6.61. The summed E-state index contributed by atoms with van der Waals surface area (Å²) in [6, 6.07) is 13.2. The van der Waals surface area contributed by atoms with E-state index < -0.39 is 23.7 Å². The predicted octanol–water partition coefficient (Wildman–Crippen LogP) is 6.97. The van der Waals surface area contributed by atoms with Crippen molar-refractivity contribution in [1.82, 2.24) is 15.2 Å². The molecule has 4 aromatic rings. The number of carboxylic acid groups (broad SMARTS) is 1. The Labute approximate surface area is 209 Å². The quantitative estimate of drug-likeness (QED) is 0.218. The van der Waals surface area contributed by atoms with E-state index in [2.05, 4.69) is 15.2 Å². The number of nitrogens with one attached hydrogen (secondary N) is 1. The number of hydrogen-bond donors (Lipinski definition) is 2. The number of halogens is 4. The predicted molar refractivity (Wildman–Crippen MR) is 132 cm³/mol. The van der Waals surface area contributed by atoms with E-state index in [0.717, 1.165) is 31.5 Å². The van der Waals surface area contributed by atoms with Gasteiger partial charge in [-0.25, -0.2) is 4.79 Å². The number of aliphatic carboxylic acids is 1. The van der Waals surface area contributed by atoms with Gasteiger partial charge in [0.1, 0.15) is 0 Å². The Morgan fingerprint density at radius 3 is 2.43 bits per heavy atom. The maximum Gasteiger partial charge on any atom is 0.418 e. The number of alkyl halides is 3. The fourth-order valence-electron chi connectivity index (χ4n) is 4.65. The van der Waals surface area contributed by atoms with Crippen LogP contribution in [0.15, 0.2) is 67.0 Å². The van der Waals surface area contributed by atoms with Gasteiger partial charge in [0, 0.05) is 18.5 Å². The average molecular weight is 507 g/mol. The number of allylic oxidation sites excluding steroid dienone is 1. The van der Waals surface area contributed by atoms with E-state index in [1.54, 1.807) is 42.5 Å². The monoisotopic (exact) mass is 507 g/mol. The van der Waals surface area contributed by atoms with E-state index in [0.29, 0.717) is 33.4 Å². The normalized spacial score (nSPS) is 15.1. The largest absolute Gasteiger partial charge is 0.478 e. The van der Waals surface area contributed by atoms with E-state index in [4.69, 9.17) is 5.11 Å². The van der Waals surface area contributed by atoms with E-state index in [-0.39, 0.29) is 16.9 Å². The molecule has 1 aliphatic carbocycles. The smallest absolute Gasteiger partial charge is 0.418 e. The number of fused-ring (bicyclic) bond motifs is 1. The molecule has 9 heteroatoms. The number of pyridine rings is 1. The van der Waals surface area contributed by atoms with Gasteiger partial charge < -0.3 is 5.11 Å². The highest BCUT2D eigenvalue weighted by molar-refractivity contribution is 6.02. The van der Waals surface area contributed by atoms with E-state index in [1.165, 1.54) is 18.3 Å². The van der Waals surface area contributed by atoms with Gasteiger partial charge in [-0.3, -0.25) is 10.1 Å². The molecule has 0 saturated heterocycles. The van der Waals surface area contributed by atoms with Crippen LogP contribution in [-0.2, 0) is 11.0 Å². The molecular weight excluding hydrogens is 486 g/mol. The van der Waals surface area contributed by atoms with Crippen LogP contribution in [0.5, 0.6) is 0 Å². The van der Waals surface area contributed by atoms with Crippen molar-refractivity contribution < 1.29 is 27.5 Å². The van der Waals surface area contributed by atoms with Gasteiger partial charge in [0.25, 0.3) is 0 Å². The van der Waals surface area contributed by atoms with Crippen molar-refractivity contribution in [2.24, 2.45) is 5.92 Å². The second kappa shape index (κ2) is 9.65. The Hall–Kier alpha value is -4.27. The third kappa shape index (κ3) is 4.89. The molecule has 1 saturated carbocycles. The number of H-pyrrole nitrogens is 1. The topological polar surface area (TPSA) is 78.9 Å². The summed E-state index contributed by atoms with van der Waals surface area (Å²) in [5.74, 6) is -1.85. The first-order valence-electron chi connectivity index (χ1n) is 11.6. The van der Waals surface area contributed by atoms with Gasteiger partial charge >= 0.3 is 12.1 Å². The van der Waals surface area contributed by atoms with Crippen LogP contribution in [0.1, 0.15) is 47.1 Å². The molecule has 1 fully saturated rings. The van der Waals surface area contributed by atoms with Gasteiger partial charge in [-0.1, -0.05) is 36.8 Å². The molecular formula is C28H21F4N3O2. The lowest BCUT2D eigenvalue weighted by atomic mass is 9.72. The van der Waals surface area contributed by atoms with Crippen LogP contribution in [0.4, 0.5) is 17.6 Å². The molecule has 188 valence electrons. The van der Waals surface area contributed by atoms with Crippen molar-refractivity contribution in [3.8, 4) is 0 Å². The maximum absolute atomic E-state index is 14.4. The SMILES string of the molecule is O=C(O)C=Cc1ccc(C(=C(c2ccncc2C(F)(F)F)C2CCC2)c2ccc3n[nH]c(F)c3c2)cc1. The summed E-state index contributed by atoms with van der Waals surface area (Å²) >= 11 is 0. The molecule has 0 unspecified atom stereocenters. The van der Waals surface area contributed by atoms with Crippen molar-refractivity contribution in [3.63, 3.8) is 0 Å². The molecule has 0 aliphatic heterocycles. The molecule has 5 rings (SSSR count). The maximum atomic E-state index is 14.4. The van der Waals surface area contributed by atoms with Crippen molar-refractivity contribution in [1.29, 1.82) is 0 Å². The number of rotatable bonds is 6. The highest BCUT2D eigenvalue weighted by Gasteiger charge is 2.37. The molecule has 5 nitrogen and oxygen atoms in total.